The predicted molar refractivity (Wildman–Crippen MR) is 62.3 cm³/mol. The van der Waals surface area contributed by atoms with Crippen LogP contribution in [-0.4, -0.2) is 29.1 Å². The number of carboxylic acids is 1. The molecule has 0 bridgehead atoms. The van der Waals surface area contributed by atoms with Crippen molar-refractivity contribution in [1.29, 1.82) is 0 Å². The van der Waals surface area contributed by atoms with Crippen LogP contribution in [0.3, 0.4) is 0 Å². The quantitative estimate of drug-likeness (QED) is 0.871. The maximum Gasteiger partial charge on any atom is 0.303 e. The SMILES string of the molecule is O=C(O)CCCN1CCc2ccc(F)cc2C1. The van der Waals surface area contributed by atoms with Gasteiger partial charge in [0.15, 0.2) is 0 Å². The smallest absolute Gasteiger partial charge is 0.303 e. The Balaban J connectivity index is 1.91. The van der Waals surface area contributed by atoms with E-state index >= 15 is 0 Å². The first-order valence-corrected chi connectivity index (χ1v) is 5.86. The molecular formula is C13H16FNO2. The lowest BCUT2D eigenvalue weighted by molar-refractivity contribution is -0.137. The van der Waals surface area contributed by atoms with Gasteiger partial charge in [-0.1, -0.05) is 6.07 Å². The molecule has 1 N–H and O–H groups in total. The lowest BCUT2D eigenvalue weighted by Gasteiger charge is -2.28. The van der Waals surface area contributed by atoms with E-state index in [2.05, 4.69) is 4.90 Å². The van der Waals surface area contributed by atoms with E-state index in [9.17, 15) is 9.18 Å². The molecule has 0 spiro atoms. The van der Waals surface area contributed by atoms with Crippen molar-refractivity contribution < 1.29 is 14.3 Å². The highest BCUT2D eigenvalue weighted by molar-refractivity contribution is 5.66. The summed E-state index contributed by atoms with van der Waals surface area (Å²) in [6.07, 6.45) is 1.77. The zero-order valence-electron chi connectivity index (χ0n) is 9.66. The van der Waals surface area contributed by atoms with Crippen molar-refractivity contribution in [3.05, 3.63) is 35.1 Å². The molecule has 3 nitrogen and oxygen atoms in total. The van der Waals surface area contributed by atoms with Crippen LogP contribution in [0.2, 0.25) is 0 Å². The summed E-state index contributed by atoms with van der Waals surface area (Å²) < 4.78 is 13.1. The van der Waals surface area contributed by atoms with Gasteiger partial charge in [0.25, 0.3) is 0 Å². The summed E-state index contributed by atoms with van der Waals surface area (Å²) in [6, 6.07) is 4.93. The highest BCUT2D eigenvalue weighted by atomic mass is 19.1. The van der Waals surface area contributed by atoms with E-state index in [4.69, 9.17) is 5.11 Å². The molecule has 0 saturated heterocycles. The van der Waals surface area contributed by atoms with Crippen molar-refractivity contribution in [2.24, 2.45) is 0 Å². The monoisotopic (exact) mass is 237 g/mol. The Morgan fingerprint density at radius 3 is 3.00 bits per heavy atom. The van der Waals surface area contributed by atoms with Gasteiger partial charge in [-0.25, -0.2) is 4.39 Å². The standard InChI is InChI=1S/C13H16FNO2/c14-12-4-3-10-5-7-15(9-11(10)8-12)6-1-2-13(16)17/h3-4,8H,1-2,5-7,9H2,(H,16,17). The first kappa shape index (κ1) is 12.0. The summed E-state index contributed by atoms with van der Waals surface area (Å²) in [5.74, 6) is -0.954. The summed E-state index contributed by atoms with van der Waals surface area (Å²) >= 11 is 0. The lowest BCUT2D eigenvalue weighted by Crippen LogP contribution is -2.31. The zero-order valence-corrected chi connectivity index (χ0v) is 9.66. The van der Waals surface area contributed by atoms with Crippen LogP contribution in [0, 0.1) is 5.82 Å². The van der Waals surface area contributed by atoms with E-state index in [0.29, 0.717) is 6.42 Å². The minimum Gasteiger partial charge on any atom is -0.481 e. The molecule has 1 aliphatic heterocycles. The van der Waals surface area contributed by atoms with Crippen molar-refractivity contribution >= 4 is 5.97 Å². The van der Waals surface area contributed by atoms with Crippen LogP contribution in [0.1, 0.15) is 24.0 Å². The average molecular weight is 237 g/mol. The number of fused-ring (bicyclic) bond motifs is 1. The van der Waals surface area contributed by atoms with Crippen LogP contribution in [0.4, 0.5) is 4.39 Å². The molecule has 1 aromatic carbocycles. The molecule has 0 aliphatic carbocycles. The van der Waals surface area contributed by atoms with Crippen LogP contribution in [0.5, 0.6) is 0 Å². The fourth-order valence-corrected chi connectivity index (χ4v) is 2.23. The Kier molecular flexibility index (Phi) is 3.74. The summed E-state index contributed by atoms with van der Waals surface area (Å²) in [5, 5.41) is 8.57. The highest BCUT2D eigenvalue weighted by Gasteiger charge is 2.16. The minimum atomic E-state index is -0.756. The first-order chi connectivity index (χ1) is 8.15. The third-order valence-corrected chi connectivity index (χ3v) is 3.12. The van der Waals surface area contributed by atoms with Gasteiger partial charge < -0.3 is 5.11 Å². The zero-order chi connectivity index (χ0) is 12.3. The molecule has 0 fully saturated rings. The van der Waals surface area contributed by atoms with E-state index in [1.165, 1.54) is 11.6 Å². The molecule has 0 saturated carbocycles. The molecule has 1 aromatic rings. The predicted octanol–water partition coefficient (Wildman–Crippen LogP) is 2.05. The number of hydrogen-bond donors (Lipinski definition) is 1. The van der Waals surface area contributed by atoms with Crippen LogP contribution in [0.15, 0.2) is 18.2 Å². The van der Waals surface area contributed by atoms with E-state index in [1.807, 2.05) is 6.07 Å². The van der Waals surface area contributed by atoms with Gasteiger partial charge in [0.2, 0.25) is 0 Å². The van der Waals surface area contributed by atoms with Gasteiger partial charge in [0.1, 0.15) is 5.82 Å². The first-order valence-electron chi connectivity index (χ1n) is 5.86. The van der Waals surface area contributed by atoms with Crippen LogP contribution in [-0.2, 0) is 17.8 Å². The number of nitrogens with zero attached hydrogens (tertiary/aromatic N) is 1. The Hall–Kier alpha value is -1.42. The van der Waals surface area contributed by atoms with Crippen LogP contribution >= 0.6 is 0 Å². The average Bonchev–Trinajstić information content (AvgIpc) is 2.28. The number of carbonyl (C=O) groups is 1. The van der Waals surface area contributed by atoms with Crippen molar-refractivity contribution in [2.75, 3.05) is 13.1 Å². The summed E-state index contributed by atoms with van der Waals surface area (Å²) in [4.78, 5) is 12.6. The Labute approximate surface area is 99.9 Å². The Bertz CT molecular complexity index is 420. The van der Waals surface area contributed by atoms with Gasteiger partial charge in [0.05, 0.1) is 0 Å². The minimum absolute atomic E-state index is 0.198. The number of benzene rings is 1. The molecule has 0 amide bonds. The molecule has 1 aliphatic rings. The van der Waals surface area contributed by atoms with E-state index < -0.39 is 5.97 Å². The lowest BCUT2D eigenvalue weighted by atomic mass is 9.99. The second-order valence-electron chi connectivity index (χ2n) is 4.44. The third kappa shape index (κ3) is 3.27. The fourth-order valence-electron chi connectivity index (χ4n) is 2.23. The van der Waals surface area contributed by atoms with Gasteiger partial charge in [-0.2, -0.15) is 0 Å². The Morgan fingerprint density at radius 2 is 2.24 bits per heavy atom. The fraction of sp³-hybridized carbons (Fsp3) is 0.462. The molecule has 0 aromatic heterocycles. The van der Waals surface area contributed by atoms with E-state index in [-0.39, 0.29) is 12.2 Å². The normalized spacial score (nSPS) is 15.6. The molecule has 0 unspecified atom stereocenters. The van der Waals surface area contributed by atoms with Crippen molar-refractivity contribution in [3.63, 3.8) is 0 Å². The second-order valence-corrected chi connectivity index (χ2v) is 4.44. The molecule has 0 atom stereocenters. The maximum absolute atomic E-state index is 13.1. The highest BCUT2D eigenvalue weighted by Crippen LogP contribution is 2.20. The van der Waals surface area contributed by atoms with E-state index in [1.54, 1.807) is 6.07 Å². The number of carboxylic acid groups (broad SMARTS) is 1. The summed E-state index contributed by atoms with van der Waals surface area (Å²) in [5.41, 5.74) is 2.24. The molecule has 17 heavy (non-hydrogen) atoms. The number of halogens is 1. The Morgan fingerprint density at radius 1 is 1.41 bits per heavy atom. The molecule has 1 heterocycles. The topological polar surface area (TPSA) is 40.5 Å². The molecule has 4 heteroatoms. The summed E-state index contributed by atoms with van der Waals surface area (Å²) in [7, 11) is 0. The molecule has 0 radical (unpaired) electrons. The van der Waals surface area contributed by atoms with Crippen LogP contribution < -0.4 is 0 Å². The molecule has 2 rings (SSSR count). The van der Waals surface area contributed by atoms with Gasteiger partial charge in [-0.05, 0) is 42.6 Å². The largest absolute Gasteiger partial charge is 0.481 e. The number of rotatable bonds is 4. The number of hydrogen-bond acceptors (Lipinski definition) is 2. The third-order valence-electron chi connectivity index (χ3n) is 3.12. The second kappa shape index (κ2) is 5.27. The molecule has 92 valence electrons. The van der Waals surface area contributed by atoms with Crippen LogP contribution in [0.25, 0.3) is 0 Å². The van der Waals surface area contributed by atoms with E-state index in [0.717, 1.165) is 31.6 Å². The van der Waals surface area contributed by atoms with Crippen molar-refractivity contribution in [3.8, 4) is 0 Å². The maximum atomic E-state index is 13.1. The van der Waals surface area contributed by atoms with Crippen molar-refractivity contribution in [2.45, 2.75) is 25.8 Å². The van der Waals surface area contributed by atoms with Gasteiger partial charge >= 0.3 is 5.97 Å². The number of aliphatic carboxylic acids is 1. The van der Waals surface area contributed by atoms with Gasteiger partial charge in [-0.3, -0.25) is 9.69 Å². The van der Waals surface area contributed by atoms with Gasteiger partial charge in [-0.15, -0.1) is 0 Å². The van der Waals surface area contributed by atoms with Gasteiger partial charge in [0, 0.05) is 19.5 Å². The summed E-state index contributed by atoms with van der Waals surface area (Å²) in [6.45, 7) is 2.42. The van der Waals surface area contributed by atoms with Crippen molar-refractivity contribution in [1.82, 2.24) is 4.90 Å². The molecular weight excluding hydrogens is 221 g/mol.